The Kier molecular flexibility index (Phi) is 4.34. The van der Waals surface area contributed by atoms with Crippen LogP contribution in [0, 0.1) is 17.8 Å². The molecule has 3 nitrogen and oxygen atoms in total. The van der Waals surface area contributed by atoms with Crippen LogP contribution >= 0.6 is 0 Å². The summed E-state index contributed by atoms with van der Waals surface area (Å²) < 4.78 is 5.63. The lowest BCUT2D eigenvalue weighted by atomic mass is 9.65. The van der Waals surface area contributed by atoms with Gasteiger partial charge in [0.05, 0.1) is 0 Å². The van der Waals surface area contributed by atoms with Crippen LogP contribution in [0.15, 0.2) is 30.3 Å². The zero-order valence-corrected chi connectivity index (χ0v) is 14.5. The maximum absolute atomic E-state index is 12.9. The van der Waals surface area contributed by atoms with E-state index in [0.29, 0.717) is 18.6 Å². The summed E-state index contributed by atoms with van der Waals surface area (Å²) in [5.41, 5.74) is 1.70. The third-order valence-corrected chi connectivity index (χ3v) is 6.24. The van der Waals surface area contributed by atoms with Crippen LogP contribution < -0.4 is 10.1 Å². The number of fused-ring (bicyclic) bond motifs is 3. The van der Waals surface area contributed by atoms with Gasteiger partial charge in [-0.2, -0.15) is 0 Å². The van der Waals surface area contributed by atoms with E-state index in [4.69, 9.17) is 4.74 Å². The van der Waals surface area contributed by atoms with Gasteiger partial charge in [-0.15, -0.1) is 0 Å². The number of carbonyl (C=O) groups is 1. The molecular weight excluding hydrogens is 298 g/mol. The molecule has 1 heterocycles. The Balaban J connectivity index is 1.47. The molecule has 1 amide bonds. The Morgan fingerprint density at radius 2 is 2.08 bits per heavy atom. The first-order chi connectivity index (χ1) is 11.7. The molecule has 2 bridgehead atoms. The highest BCUT2D eigenvalue weighted by molar-refractivity contribution is 6.20. The lowest BCUT2D eigenvalue weighted by Gasteiger charge is -2.44. The first-order valence-corrected chi connectivity index (χ1v) is 9.47. The van der Waals surface area contributed by atoms with E-state index >= 15 is 0 Å². The molecule has 1 aliphatic heterocycles. The maximum atomic E-state index is 12.9. The Morgan fingerprint density at radius 1 is 1.21 bits per heavy atom. The highest BCUT2D eigenvalue weighted by Gasteiger charge is 2.38. The van der Waals surface area contributed by atoms with E-state index in [2.05, 4.69) is 12.2 Å². The lowest BCUT2D eigenvalue weighted by Crippen LogP contribution is -2.46. The molecule has 4 rings (SSSR count). The molecule has 1 aromatic rings. The minimum atomic E-state index is 0.0767. The molecule has 3 heteroatoms. The van der Waals surface area contributed by atoms with Crippen molar-refractivity contribution in [2.45, 2.75) is 51.5 Å². The summed E-state index contributed by atoms with van der Waals surface area (Å²) in [4.78, 5) is 12.9. The predicted octanol–water partition coefficient (Wildman–Crippen LogP) is 4.18. The van der Waals surface area contributed by atoms with Crippen LogP contribution in [-0.2, 0) is 4.79 Å². The average Bonchev–Trinajstić information content (AvgIpc) is 2.63. The van der Waals surface area contributed by atoms with Crippen LogP contribution in [0.3, 0.4) is 0 Å². The standard InChI is InChI=1S/C21H27NO2/c1-2-14-11-15-7-8-19(16(12-14)13-15)22-21(23)18-9-10-24-20-6-4-3-5-17(18)20/h3-6,9,14-16,19H,2,7-8,10-13H2,1H3,(H,22,23). The van der Waals surface area contributed by atoms with Gasteiger partial charge in [-0.1, -0.05) is 31.5 Å². The van der Waals surface area contributed by atoms with Gasteiger partial charge >= 0.3 is 0 Å². The second-order valence-corrected chi connectivity index (χ2v) is 7.69. The molecule has 3 aliphatic rings. The minimum Gasteiger partial charge on any atom is -0.489 e. The Labute approximate surface area is 144 Å². The van der Waals surface area contributed by atoms with Crippen molar-refractivity contribution in [1.29, 1.82) is 0 Å². The van der Waals surface area contributed by atoms with Crippen molar-refractivity contribution in [1.82, 2.24) is 5.32 Å². The van der Waals surface area contributed by atoms with Crippen LogP contribution in [0.5, 0.6) is 5.75 Å². The van der Waals surface area contributed by atoms with E-state index in [1.165, 1.54) is 32.1 Å². The highest BCUT2D eigenvalue weighted by Crippen LogP contribution is 2.44. The molecule has 128 valence electrons. The molecule has 24 heavy (non-hydrogen) atoms. The van der Waals surface area contributed by atoms with E-state index in [9.17, 15) is 4.79 Å². The SMILES string of the molecule is CCC1CC2CCC(NC(=O)C3=CCOc4ccccc43)C(C1)C2. The fraction of sp³-hybridized carbons (Fsp3) is 0.571. The predicted molar refractivity (Wildman–Crippen MR) is 95.7 cm³/mol. The van der Waals surface area contributed by atoms with Gasteiger partial charge in [0.1, 0.15) is 12.4 Å². The Morgan fingerprint density at radius 3 is 2.96 bits per heavy atom. The third kappa shape index (κ3) is 2.97. The number of nitrogens with one attached hydrogen (secondary N) is 1. The van der Waals surface area contributed by atoms with Gasteiger partial charge in [0.15, 0.2) is 0 Å². The van der Waals surface area contributed by atoms with Gasteiger partial charge in [-0.05, 0) is 62.0 Å². The van der Waals surface area contributed by atoms with Crippen molar-refractivity contribution in [3.8, 4) is 5.75 Å². The summed E-state index contributed by atoms with van der Waals surface area (Å²) in [5, 5.41) is 3.37. The number of hydrogen-bond acceptors (Lipinski definition) is 2. The van der Waals surface area contributed by atoms with Crippen molar-refractivity contribution in [2.75, 3.05) is 6.61 Å². The molecule has 2 saturated carbocycles. The molecular formula is C21H27NO2. The number of rotatable bonds is 3. The van der Waals surface area contributed by atoms with E-state index < -0.39 is 0 Å². The van der Waals surface area contributed by atoms with Crippen molar-refractivity contribution in [2.24, 2.45) is 17.8 Å². The number of para-hydroxylation sites is 1. The molecule has 1 N–H and O–H groups in total. The lowest BCUT2D eigenvalue weighted by molar-refractivity contribution is -0.117. The van der Waals surface area contributed by atoms with E-state index in [1.807, 2.05) is 30.3 Å². The highest BCUT2D eigenvalue weighted by atomic mass is 16.5. The minimum absolute atomic E-state index is 0.0767. The molecule has 2 fully saturated rings. The van der Waals surface area contributed by atoms with Crippen LogP contribution in [0.25, 0.3) is 5.57 Å². The van der Waals surface area contributed by atoms with Gasteiger partial charge < -0.3 is 10.1 Å². The molecule has 0 saturated heterocycles. The summed E-state index contributed by atoms with van der Waals surface area (Å²) >= 11 is 0. The molecule has 1 aromatic carbocycles. The molecule has 4 unspecified atom stereocenters. The average molecular weight is 325 g/mol. The van der Waals surface area contributed by atoms with Gasteiger partial charge in [0.25, 0.3) is 5.91 Å². The van der Waals surface area contributed by atoms with Gasteiger partial charge in [0.2, 0.25) is 0 Å². The van der Waals surface area contributed by atoms with E-state index in [-0.39, 0.29) is 5.91 Å². The van der Waals surface area contributed by atoms with Crippen LogP contribution in [-0.4, -0.2) is 18.6 Å². The van der Waals surface area contributed by atoms with Gasteiger partial charge in [-0.3, -0.25) is 4.79 Å². The monoisotopic (exact) mass is 325 g/mol. The zero-order chi connectivity index (χ0) is 16.5. The van der Waals surface area contributed by atoms with Gasteiger partial charge in [0, 0.05) is 17.2 Å². The fourth-order valence-electron chi connectivity index (χ4n) is 4.96. The first kappa shape index (κ1) is 15.7. The number of amides is 1. The number of ether oxygens (including phenoxy) is 1. The largest absolute Gasteiger partial charge is 0.489 e. The van der Waals surface area contributed by atoms with E-state index in [1.54, 1.807) is 0 Å². The van der Waals surface area contributed by atoms with Crippen molar-refractivity contribution < 1.29 is 9.53 Å². The normalized spacial score (nSPS) is 31.5. The summed E-state index contributed by atoms with van der Waals surface area (Å²) in [7, 11) is 0. The fourth-order valence-corrected chi connectivity index (χ4v) is 4.96. The summed E-state index contributed by atoms with van der Waals surface area (Å²) in [5.74, 6) is 3.31. The van der Waals surface area contributed by atoms with Gasteiger partial charge in [-0.25, -0.2) is 0 Å². The summed E-state index contributed by atoms with van der Waals surface area (Å²) in [6.45, 7) is 2.79. The smallest absolute Gasteiger partial charge is 0.252 e. The molecule has 0 spiro atoms. The molecule has 2 aliphatic carbocycles. The molecule has 4 atom stereocenters. The number of carbonyl (C=O) groups excluding carboxylic acids is 1. The second kappa shape index (κ2) is 6.62. The van der Waals surface area contributed by atoms with Crippen LogP contribution in [0.2, 0.25) is 0 Å². The quantitative estimate of drug-likeness (QED) is 0.905. The topological polar surface area (TPSA) is 38.3 Å². The summed E-state index contributed by atoms with van der Waals surface area (Å²) in [6.07, 6.45) is 9.61. The number of hydrogen-bond donors (Lipinski definition) is 1. The van der Waals surface area contributed by atoms with Crippen molar-refractivity contribution in [3.63, 3.8) is 0 Å². The molecule has 0 radical (unpaired) electrons. The maximum Gasteiger partial charge on any atom is 0.252 e. The zero-order valence-electron chi connectivity index (χ0n) is 14.5. The van der Waals surface area contributed by atoms with Crippen LogP contribution in [0.1, 0.15) is 51.0 Å². The first-order valence-electron chi connectivity index (χ1n) is 9.47. The Bertz CT molecular complexity index is 651. The van der Waals surface area contributed by atoms with E-state index in [0.717, 1.165) is 35.1 Å². The van der Waals surface area contributed by atoms with Crippen LogP contribution in [0.4, 0.5) is 0 Å². The van der Waals surface area contributed by atoms with Crippen molar-refractivity contribution in [3.05, 3.63) is 35.9 Å². The second-order valence-electron chi connectivity index (χ2n) is 7.69. The third-order valence-electron chi connectivity index (χ3n) is 6.24. The number of benzene rings is 1. The van der Waals surface area contributed by atoms with Crippen molar-refractivity contribution >= 4 is 11.5 Å². The molecule has 0 aromatic heterocycles. The summed E-state index contributed by atoms with van der Waals surface area (Å²) in [6, 6.07) is 8.18. The Hall–Kier alpha value is -1.77.